The lowest BCUT2D eigenvalue weighted by molar-refractivity contribution is 0.144. The predicted molar refractivity (Wildman–Crippen MR) is 61.2 cm³/mol. The van der Waals surface area contributed by atoms with E-state index < -0.39 is 0 Å². The average Bonchev–Trinajstić information content (AvgIpc) is 2.27. The van der Waals surface area contributed by atoms with Gasteiger partial charge in [0.25, 0.3) is 0 Å². The number of benzene rings is 1. The maximum Gasteiger partial charge on any atom is 0.119 e. The molecule has 0 aliphatic carbocycles. The summed E-state index contributed by atoms with van der Waals surface area (Å²) in [6.45, 7) is 4.64. The molecule has 0 aromatic heterocycles. The molecule has 0 atom stereocenters. The molecule has 0 radical (unpaired) electrons. The molecule has 1 rings (SSSR count). The summed E-state index contributed by atoms with van der Waals surface area (Å²) in [6.07, 6.45) is 0.923. The van der Waals surface area contributed by atoms with Crippen LogP contribution in [0.5, 0.6) is 5.75 Å². The summed E-state index contributed by atoms with van der Waals surface area (Å²) in [7, 11) is 0. The Morgan fingerprint density at radius 2 is 1.87 bits per heavy atom. The van der Waals surface area contributed by atoms with Crippen molar-refractivity contribution in [1.82, 2.24) is 0 Å². The van der Waals surface area contributed by atoms with E-state index in [0.29, 0.717) is 19.8 Å². The molecule has 2 N–H and O–H groups in total. The second-order valence-corrected chi connectivity index (χ2v) is 3.23. The molecule has 3 heteroatoms. The number of hydrogen-bond acceptors (Lipinski definition) is 3. The van der Waals surface area contributed by atoms with Gasteiger partial charge in [-0.05, 0) is 31.0 Å². The third-order valence-corrected chi connectivity index (χ3v) is 2.03. The van der Waals surface area contributed by atoms with Crippen molar-refractivity contribution >= 4 is 0 Å². The summed E-state index contributed by atoms with van der Waals surface area (Å²) in [5.41, 5.74) is 6.58. The van der Waals surface area contributed by atoms with Crippen molar-refractivity contribution in [2.45, 2.75) is 13.3 Å². The predicted octanol–water partition coefficient (Wildman–Crippen LogP) is 1.60. The molecule has 0 aliphatic rings. The van der Waals surface area contributed by atoms with Crippen LogP contribution in [0.4, 0.5) is 0 Å². The first-order chi connectivity index (χ1) is 7.36. The number of ether oxygens (including phenoxy) is 2. The highest BCUT2D eigenvalue weighted by Crippen LogP contribution is 2.12. The molecule has 1 aromatic carbocycles. The highest BCUT2D eigenvalue weighted by molar-refractivity contribution is 5.27. The third-order valence-electron chi connectivity index (χ3n) is 2.03. The molecular formula is C12H19NO2. The quantitative estimate of drug-likeness (QED) is 0.694. The Morgan fingerprint density at radius 1 is 1.13 bits per heavy atom. The Labute approximate surface area is 91.2 Å². The van der Waals surface area contributed by atoms with Crippen LogP contribution in [0.15, 0.2) is 24.3 Å². The van der Waals surface area contributed by atoms with Crippen LogP contribution in [-0.4, -0.2) is 26.4 Å². The number of nitrogens with two attached hydrogens (primary N) is 1. The fourth-order valence-electron chi connectivity index (χ4n) is 1.29. The zero-order valence-corrected chi connectivity index (χ0v) is 9.24. The Hall–Kier alpha value is -1.06. The Morgan fingerprint density at radius 3 is 2.47 bits per heavy atom. The van der Waals surface area contributed by atoms with Crippen LogP contribution < -0.4 is 10.5 Å². The molecular weight excluding hydrogens is 190 g/mol. The molecule has 0 bridgehead atoms. The van der Waals surface area contributed by atoms with Crippen LogP contribution in [0.3, 0.4) is 0 Å². The van der Waals surface area contributed by atoms with E-state index in [-0.39, 0.29) is 0 Å². The van der Waals surface area contributed by atoms with Gasteiger partial charge < -0.3 is 15.2 Å². The van der Waals surface area contributed by atoms with Gasteiger partial charge >= 0.3 is 0 Å². The van der Waals surface area contributed by atoms with Gasteiger partial charge in [0, 0.05) is 6.54 Å². The standard InChI is InChI=1S/C12H19NO2/c1-2-15-12-5-3-11(4-6-12)7-9-14-10-8-13/h3-6H,2,7-10,13H2,1H3. The molecule has 0 fully saturated rings. The molecule has 0 amide bonds. The van der Waals surface area contributed by atoms with E-state index in [1.165, 1.54) is 5.56 Å². The summed E-state index contributed by atoms with van der Waals surface area (Å²) in [6, 6.07) is 8.11. The topological polar surface area (TPSA) is 44.5 Å². The largest absolute Gasteiger partial charge is 0.494 e. The molecule has 0 heterocycles. The van der Waals surface area contributed by atoms with Crippen LogP contribution >= 0.6 is 0 Å². The van der Waals surface area contributed by atoms with E-state index in [1.807, 2.05) is 19.1 Å². The van der Waals surface area contributed by atoms with E-state index in [4.69, 9.17) is 15.2 Å². The van der Waals surface area contributed by atoms with Crippen molar-refractivity contribution in [2.24, 2.45) is 5.73 Å². The number of hydrogen-bond donors (Lipinski definition) is 1. The van der Waals surface area contributed by atoms with Gasteiger partial charge in [0.1, 0.15) is 5.75 Å². The Kier molecular flexibility index (Phi) is 5.81. The smallest absolute Gasteiger partial charge is 0.119 e. The van der Waals surface area contributed by atoms with E-state index in [2.05, 4.69) is 12.1 Å². The second-order valence-electron chi connectivity index (χ2n) is 3.23. The summed E-state index contributed by atoms with van der Waals surface area (Å²) in [5, 5.41) is 0. The van der Waals surface area contributed by atoms with Crippen molar-refractivity contribution < 1.29 is 9.47 Å². The van der Waals surface area contributed by atoms with Crippen LogP contribution in [-0.2, 0) is 11.2 Å². The van der Waals surface area contributed by atoms with Crippen LogP contribution in [0.25, 0.3) is 0 Å². The van der Waals surface area contributed by atoms with Gasteiger partial charge in [0.05, 0.1) is 19.8 Å². The van der Waals surface area contributed by atoms with Crippen LogP contribution in [0.2, 0.25) is 0 Å². The van der Waals surface area contributed by atoms with Crippen molar-refractivity contribution in [3.63, 3.8) is 0 Å². The summed E-state index contributed by atoms with van der Waals surface area (Å²) in [4.78, 5) is 0. The summed E-state index contributed by atoms with van der Waals surface area (Å²) >= 11 is 0. The maximum atomic E-state index is 5.36. The first kappa shape index (κ1) is 12.0. The van der Waals surface area contributed by atoms with Crippen molar-refractivity contribution in [3.8, 4) is 5.75 Å². The fourth-order valence-corrected chi connectivity index (χ4v) is 1.29. The zero-order chi connectivity index (χ0) is 10.9. The van der Waals surface area contributed by atoms with E-state index in [1.54, 1.807) is 0 Å². The molecule has 3 nitrogen and oxygen atoms in total. The monoisotopic (exact) mass is 209 g/mol. The third kappa shape index (κ3) is 4.81. The zero-order valence-electron chi connectivity index (χ0n) is 9.24. The molecule has 15 heavy (non-hydrogen) atoms. The lowest BCUT2D eigenvalue weighted by atomic mass is 10.1. The molecule has 0 spiro atoms. The van der Waals surface area contributed by atoms with E-state index in [0.717, 1.165) is 18.8 Å². The van der Waals surface area contributed by atoms with Gasteiger partial charge in [0.15, 0.2) is 0 Å². The highest BCUT2D eigenvalue weighted by atomic mass is 16.5. The van der Waals surface area contributed by atoms with Crippen LogP contribution in [0, 0.1) is 0 Å². The lowest BCUT2D eigenvalue weighted by Gasteiger charge is -2.05. The van der Waals surface area contributed by atoms with E-state index in [9.17, 15) is 0 Å². The molecule has 1 aromatic rings. The lowest BCUT2D eigenvalue weighted by Crippen LogP contribution is -2.10. The van der Waals surface area contributed by atoms with Crippen molar-refractivity contribution in [3.05, 3.63) is 29.8 Å². The van der Waals surface area contributed by atoms with Crippen LogP contribution in [0.1, 0.15) is 12.5 Å². The van der Waals surface area contributed by atoms with Crippen molar-refractivity contribution in [1.29, 1.82) is 0 Å². The van der Waals surface area contributed by atoms with Crippen molar-refractivity contribution in [2.75, 3.05) is 26.4 Å². The van der Waals surface area contributed by atoms with Gasteiger partial charge in [-0.1, -0.05) is 12.1 Å². The first-order valence-corrected chi connectivity index (χ1v) is 5.36. The van der Waals surface area contributed by atoms with Gasteiger partial charge in [-0.15, -0.1) is 0 Å². The summed E-state index contributed by atoms with van der Waals surface area (Å²) < 4.78 is 10.7. The molecule has 0 saturated carbocycles. The minimum absolute atomic E-state index is 0.587. The molecule has 0 aliphatic heterocycles. The van der Waals surface area contributed by atoms with Gasteiger partial charge in [-0.3, -0.25) is 0 Å². The molecule has 0 unspecified atom stereocenters. The second kappa shape index (κ2) is 7.26. The summed E-state index contributed by atoms with van der Waals surface area (Å²) in [5.74, 6) is 0.920. The van der Waals surface area contributed by atoms with E-state index >= 15 is 0 Å². The molecule has 84 valence electrons. The normalized spacial score (nSPS) is 10.3. The molecule has 0 saturated heterocycles. The minimum atomic E-state index is 0.587. The fraction of sp³-hybridized carbons (Fsp3) is 0.500. The first-order valence-electron chi connectivity index (χ1n) is 5.36. The van der Waals surface area contributed by atoms with Gasteiger partial charge in [-0.2, -0.15) is 0 Å². The van der Waals surface area contributed by atoms with Gasteiger partial charge in [0.2, 0.25) is 0 Å². The Balaban J connectivity index is 2.29. The number of rotatable bonds is 7. The highest BCUT2D eigenvalue weighted by Gasteiger charge is 1.95. The Bertz CT molecular complexity index is 259. The van der Waals surface area contributed by atoms with Gasteiger partial charge in [-0.25, -0.2) is 0 Å². The SMILES string of the molecule is CCOc1ccc(CCOCCN)cc1. The average molecular weight is 209 g/mol. The minimum Gasteiger partial charge on any atom is -0.494 e. The maximum absolute atomic E-state index is 5.36.